The lowest BCUT2D eigenvalue weighted by molar-refractivity contribution is -0.148. The number of anilines is 1. The number of hydrogen-bond donors (Lipinski definition) is 1. The molecule has 0 fully saturated rings. The Hall–Kier alpha value is -3.73. The Labute approximate surface area is 218 Å². The van der Waals surface area contributed by atoms with Gasteiger partial charge in [-0.1, -0.05) is 18.2 Å². The fourth-order valence-corrected chi connectivity index (χ4v) is 5.88. The van der Waals surface area contributed by atoms with Gasteiger partial charge in [0.2, 0.25) is 0 Å². The Balaban J connectivity index is 1.83. The van der Waals surface area contributed by atoms with Crippen molar-refractivity contribution in [3.8, 4) is 22.6 Å². The van der Waals surface area contributed by atoms with E-state index in [0.29, 0.717) is 0 Å². The van der Waals surface area contributed by atoms with Crippen molar-refractivity contribution in [1.82, 2.24) is 0 Å². The number of carboxylic acid groups (broad SMARTS) is 1. The predicted molar refractivity (Wildman–Crippen MR) is 135 cm³/mol. The van der Waals surface area contributed by atoms with Gasteiger partial charge in [0.15, 0.2) is 0 Å². The van der Waals surface area contributed by atoms with Gasteiger partial charge in [-0.25, -0.2) is 12.8 Å². The quantitative estimate of drug-likeness (QED) is 0.378. The third-order valence-corrected chi connectivity index (χ3v) is 8.03. The van der Waals surface area contributed by atoms with E-state index in [4.69, 9.17) is 4.74 Å². The lowest BCUT2D eigenvalue weighted by atomic mass is 9.86. The number of aliphatic carboxylic acids is 1. The van der Waals surface area contributed by atoms with E-state index in [1.807, 2.05) is 0 Å². The maximum atomic E-state index is 14.7. The molecule has 202 valence electrons. The molecule has 0 unspecified atom stereocenters. The minimum atomic E-state index is -4.15. The van der Waals surface area contributed by atoms with Gasteiger partial charge in [0, 0.05) is 12.0 Å². The van der Waals surface area contributed by atoms with E-state index in [-0.39, 0.29) is 46.2 Å². The zero-order valence-electron chi connectivity index (χ0n) is 20.8. The average molecular weight is 550 g/mol. The van der Waals surface area contributed by atoms with Crippen LogP contribution in [0.4, 0.5) is 18.9 Å². The third kappa shape index (κ3) is 5.57. The molecule has 1 atom stereocenters. The van der Waals surface area contributed by atoms with Crippen molar-refractivity contribution in [2.45, 2.75) is 44.8 Å². The highest BCUT2D eigenvalue weighted by atomic mass is 32.2. The van der Waals surface area contributed by atoms with E-state index in [9.17, 15) is 31.5 Å². The molecule has 38 heavy (non-hydrogen) atoms. The van der Waals surface area contributed by atoms with E-state index in [0.717, 1.165) is 28.1 Å². The molecule has 1 N–H and O–H groups in total. The molecule has 0 aliphatic carbocycles. The molecule has 1 aliphatic rings. The Morgan fingerprint density at radius 1 is 1.16 bits per heavy atom. The number of carbonyl (C=O) groups is 1. The number of sulfonamides is 1. The summed E-state index contributed by atoms with van der Waals surface area (Å²) in [7, 11) is -4.15. The van der Waals surface area contributed by atoms with Crippen molar-refractivity contribution in [2.75, 3.05) is 10.8 Å². The first-order chi connectivity index (χ1) is 17.8. The van der Waals surface area contributed by atoms with Crippen LogP contribution in [0.3, 0.4) is 0 Å². The molecule has 0 aromatic heterocycles. The Morgan fingerprint density at radius 2 is 1.89 bits per heavy atom. The number of rotatable bonds is 8. The van der Waals surface area contributed by atoms with Crippen LogP contribution < -0.4 is 13.8 Å². The first-order valence-corrected chi connectivity index (χ1v) is 13.1. The van der Waals surface area contributed by atoms with Gasteiger partial charge in [-0.05, 0) is 74.4 Å². The van der Waals surface area contributed by atoms with Crippen LogP contribution in [0.15, 0.2) is 65.6 Å². The number of hydrogen-bond acceptors (Lipinski definition) is 5. The first kappa shape index (κ1) is 27.3. The van der Waals surface area contributed by atoms with E-state index in [2.05, 4.69) is 4.74 Å². The molecule has 0 radical (unpaired) electrons. The van der Waals surface area contributed by atoms with Gasteiger partial charge in [0.25, 0.3) is 10.0 Å². The fourth-order valence-electron chi connectivity index (χ4n) is 4.27. The molecule has 1 aliphatic heterocycles. The second-order valence-corrected chi connectivity index (χ2v) is 11.6. The molecular weight excluding hydrogens is 523 g/mol. The highest BCUT2D eigenvalue weighted by Gasteiger charge is 2.39. The van der Waals surface area contributed by atoms with E-state index in [1.165, 1.54) is 44.2 Å². The van der Waals surface area contributed by atoms with Crippen molar-refractivity contribution in [3.05, 3.63) is 72.0 Å². The van der Waals surface area contributed by atoms with Crippen LogP contribution in [0.25, 0.3) is 11.1 Å². The number of aryl methyl sites for hydroxylation is 1. The first-order valence-electron chi connectivity index (χ1n) is 11.7. The number of fused-ring (bicyclic) bond motifs is 1. The number of carboxylic acids is 1. The number of benzene rings is 3. The monoisotopic (exact) mass is 549 g/mol. The summed E-state index contributed by atoms with van der Waals surface area (Å²) in [6.07, 6.45) is -0.774. The van der Waals surface area contributed by atoms with Crippen molar-refractivity contribution >= 4 is 21.7 Å². The van der Waals surface area contributed by atoms with E-state index < -0.39 is 39.9 Å². The second-order valence-electron chi connectivity index (χ2n) is 9.69. The highest BCUT2D eigenvalue weighted by Crippen LogP contribution is 2.42. The van der Waals surface area contributed by atoms with Crippen LogP contribution in [-0.2, 0) is 14.8 Å². The summed E-state index contributed by atoms with van der Waals surface area (Å²) in [4.78, 5) is 11.7. The lowest BCUT2D eigenvalue weighted by Gasteiger charge is -2.38. The van der Waals surface area contributed by atoms with Gasteiger partial charge in [-0.3, -0.25) is 9.10 Å². The molecular formula is C27H26F3NO6S. The van der Waals surface area contributed by atoms with Crippen LogP contribution >= 0.6 is 0 Å². The number of nitrogens with zero attached hydrogens (tertiary/aromatic N) is 1. The maximum Gasteiger partial charge on any atom is 0.387 e. The summed E-state index contributed by atoms with van der Waals surface area (Å²) in [5.74, 6) is -1.89. The Bertz CT molecular complexity index is 1480. The lowest BCUT2D eigenvalue weighted by Crippen LogP contribution is -2.46. The summed E-state index contributed by atoms with van der Waals surface area (Å²) in [5, 5.41) is 9.59. The zero-order valence-corrected chi connectivity index (χ0v) is 21.6. The Kier molecular flexibility index (Phi) is 7.33. The molecule has 4 rings (SSSR count). The van der Waals surface area contributed by atoms with Crippen LogP contribution in [0.5, 0.6) is 11.5 Å². The Morgan fingerprint density at radius 3 is 2.55 bits per heavy atom. The van der Waals surface area contributed by atoms with Gasteiger partial charge >= 0.3 is 12.6 Å². The molecule has 11 heteroatoms. The van der Waals surface area contributed by atoms with Crippen molar-refractivity contribution in [1.29, 1.82) is 0 Å². The highest BCUT2D eigenvalue weighted by molar-refractivity contribution is 7.92. The zero-order chi connectivity index (χ0) is 27.8. The summed E-state index contributed by atoms with van der Waals surface area (Å²) >= 11 is 0. The SMILES string of the molecule is Cc1cccc(S(=O)(=O)N2C[C@H](CC(C)(C)C(=O)O)Oc3ccc(-c4cc(OC(F)F)ccc4F)cc32)c1. The number of alkyl halides is 2. The van der Waals surface area contributed by atoms with Crippen molar-refractivity contribution < 1.29 is 41.0 Å². The van der Waals surface area contributed by atoms with Crippen LogP contribution in [0, 0.1) is 18.2 Å². The minimum Gasteiger partial charge on any atom is -0.486 e. The normalized spacial score (nSPS) is 15.7. The molecule has 0 spiro atoms. The smallest absolute Gasteiger partial charge is 0.387 e. The molecule has 0 bridgehead atoms. The molecule has 0 saturated carbocycles. The van der Waals surface area contributed by atoms with Crippen molar-refractivity contribution in [3.63, 3.8) is 0 Å². The average Bonchev–Trinajstić information content (AvgIpc) is 2.84. The molecule has 3 aromatic carbocycles. The molecule has 3 aromatic rings. The standard InChI is InChI=1S/C27H26F3NO6S/c1-16-5-4-6-20(11-16)38(34,35)31-15-19(14-27(2,3)25(32)33)36-24-10-7-17(12-23(24)31)21-13-18(37-26(29)30)8-9-22(21)28/h4-13,19,26H,14-15H2,1-3H3,(H,32,33)/t19-/m0/s1. The minimum absolute atomic E-state index is 0.0189. The second kappa shape index (κ2) is 10.2. The molecule has 0 amide bonds. The topological polar surface area (TPSA) is 93.1 Å². The fraction of sp³-hybridized carbons (Fsp3) is 0.296. The van der Waals surface area contributed by atoms with Gasteiger partial charge in [0.1, 0.15) is 23.4 Å². The van der Waals surface area contributed by atoms with Crippen LogP contribution in [0.1, 0.15) is 25.8 Å². The summed E-state index contributed by atoms with van der Waals surface area (Å²) in [6, 6.07) is 13.8. The molecule has 7 nitrogen and oxygen atoms in total. The van der Waals surface area contributed by atoms with Crippen LogP contribution in [0.2, 0.25) is 0 Å². The van der Waals surface area contributed by atoms with Gasteiger partial charge in [-0.2, -0.15) is 8.78 Å². The van der Waals surface area contributed by atoms with E-state index >= 15 is 0 Å². The predicted octanol–water partition coefficient (Wildman–Crippen LogP) is 5.86. The van der Waals surface area contributed by atoms with Gasteiger partial charge in [0.05, 0.1) is 22.5 Å². The third-order valence-electron chi connectivity index (χ3n) is 6.26. The van der Waals surface area contributed by atoms with Gasteiger partial charge in [-0.15, -0.1) is 0 Å². The summed E-state index contributed by atoms with van der Waals surface area (Å²) in [6.45, 7) is 1.49. The largest absolute Gasteiger partial charge is 0.486 e. The number of ether oxygens (including phenoxy) is 2. The summed E-state index contributed by atoms with van der Waals surface area (Å²) < 4.78 is 79.3. The van der Waals surface area contributed by atoms with Gasteiger partial charge < -0.3 is 14.6 Å². The molecule has 0 saturated heterocycles. The summed E-state index contributed by atoms with van der Waals surface area (Å²) in [5.41, 5.74) is -0.246. The van der Waals surface area contributed by atoms with Crippen molar-refractivity contribution in [2.24, 2.45) is 5.41 Å². The van der Waals surface area contributed by atoms with E-state index in [1.54, 1.807) is 19.1 Å². The maximum absolute atomic E-state index is 14.7. The molecule has 1 heterocycles. The van der Waals surface area contributed by atoms with Crippen LogP contribution in [-0.4, -0.2) is 38.8 Å². The number of halogens is 3.